The Morgan fingerprint density at radius 3 is 2.47 bits per heavy atom. The molecule has 1 amide bonds. The van der Waals surface area contributed by atoms with Gasteiger partial charge in [0.15, 0.2) is 0 Å². The highest BCUT2D eigenvalue weighted by Gasteiger charge is 2.28. The summed E-state index contributed by atoms with van der Waals surface area (Å²) in [5.41, 5.74) is 1.00. The van der Waals surface area contributed by atoms with E-state index in [0.717, 1.165) is 5.56 Å². The van der Waals surface area contributed by atoms with Gasteiger partial charge in [0.2, 0.25) is 15.9 Å². The summed E-state index contributed by atoms with van der Waals surface area (Å²) in [7, 11) is -3.54. The molecule has 0 aliphatic carbocycles. The summed E-state index contributed by atoms with van der Waals surface area (Å²) in [6.07, 6.45) is 0. The molecule has 6 heteroatoms. The Balaban J connectivity index is 2.29. The molecule has 1 fully saturated rings. The van der Waals surface area contributed by atoms with E-state index in [2.05, 4.69) is 5.32 Å². The molecule has 17 heavy (non-hydrogen) atoms. The van der Waals surface area contributed by atoms with Gasteiger partial charge in [0, 0.05) is 13.1 Å². The minimum absolute atomic E-state index is 0.101. The molecule has 1 saturated heterocycles. The van der Waals surface area contributed by atoms with Gasteiger partial charge < -0.3 is 5.32 Å². The highest BCUT2D eigenvalue weighted by molar-refractivity contribution is 7.89. The van der Waals surface area contributed by atoms with Gasteiger partial charge in [-0.2, -0.15) is 4.31 Å². The Labute approximate surface area is 100 Å². The van der Waals surface area contributed by atoms with Gasteiger partial charge >= 0.3 is 0 Å². The molecule has 1 heterocycles. The van der Waals surface area contributed by atoms with Gasteiger partial charge in [0.05, 0.1) is 11.4 Å². The number of aryl methyl sites for hydroxylation is 1. The number of piperazine rings is 1. The van der Waals surface area contributed by atoms with E-state index >= 15 is 0 Å². The topological polar surface area (TPSA) is 66.5 Å². The average molecular weight is 254 g/mol. The maximum Gasteiger partial charge on any atom is 0.243 e. The molecule has 92 valence electrons. The molecule has 2 rings (SSSR count). The molecule has 0 spiro atoms. The third-order valence-electron chi connectivity index (χ3n) is 2.66. The molecular weight excluding hydrogens is 240 g/mol. The molecule has 1 aliphatic heterocycles. The minimum atomic E-state index is -3.54. The Bertz CT molecular complexity index is 522. The van der Waals surface area contributed by atoms with Gasteiger partial charge in [-0.05, 0) is 19.1 Å². The van der Waals surface area contributed by atoms with Crippen molar-refractivity contribution in [1.29, 1.82) is 0 Å². The third kappa shape index (κ3) is 2.48. The van der Waals surface area contributed by atoms with Crippen molar-refractivity contribution in [2.45, 2.75) is 11.8 Å². The van der Waals surface area contributed by atoms with Gasteiger partial charge in [-0.15, -0.1) is 0 Å². The summed E-state index contributed by atoms with van der Waals surface area (Å²) in [5.74, 6) is -0.257. The lowest BCUT2D eigenvalue weighted by atomic mass is 10.2. The molecule has 5 nitrogen and oxygen atoms in total. The molecule has 0 radical (unpaired) electrons. The second-order valence-electron chi connectivity index (χ2n) is 4.00. The Kier molecular flexibility index (Phi) is 3.17. The fourth-order valence-electron chi connectivity index (χ4n) is 1.68. The van der Waals surface area contributed by atoms with Gasteiger partial charge in [-0.25, -0.2) is 8.42 Å². The normalized spacial score (nSPS) is 17.8. The van der Waals surface area contributed by atoms with E-state index in [9.17, 15) is 13.2 Å². The van der Waals surface area contributed by atoms with Crippen molar-refractivity contribution in [3.05, 3.63) is 29.8 Å². The van der Waals surface area contributed by atoms with Crippen LogP contribution in [0.15, 0.2) is 29.2 Å². The van der Waals surface area contributed by atoms with Crippen molar-refractivity contribution in [1.82, 2.24) is 9.62 Å². The molecule has 0 saturated carbocycles. The molecule has 1 aromatic rings. The predicted octanol–water partition coefficient (Wildman–Crippen LogP) is 0.116. The summed E-state index contributed by atoms with van der Waals surface area (Å²) in [4.78, 5) is 11.4. The molecule has 1 N–H and O–H groups in total. The van der Waals surface area contributed by atoms with Crippen molar-refractivity contribution in [3.63, 3.8) is 0 Å². The van der Waals surface area contributed by atoms with Crippen LogP contribution >= 0.6 is 0 Å². The monoisotopic (exact) mass is 254 g/mol. The number of hydrogen-bond acceptors (Lipinski definition) is 3. The van der Waals surface area contributed by atoms with Crippen molar-refractivity contribution in [3.8, 4) is 0 Å². The third-order valence-corrected chi connectivity index (χ3v) is 4.52. The lowest BCUT2D eigenvalue weighted by Crippen LogP contribution is -2.49. The fraction of sp³-hybridized carbons (Fsp3) is 0.364. The SMILES string of the molecule is Cc1ccc(S(=O)(=O)N2CCNC(=O)C2)cc1. The maximum atomic E-state index is 12.2. The number of amides is 1. The van der Waals surface area contributed by atoms with Crippen LogP contribution in [0.2, 0.25) is 0 Å². The number of sulfonamides is 1. The van der Waals surface area contributed by atoms with E-state index in [4.69, 9.17) is 0 Å². The molecule has 0 aromatic heterocycles. The Morgan fingerprint density at radius 2 is 1.88 bits per heavy atom. The Morgan fingerprint density at radius 1 is 1.24 bits per heavy atom. The highest BCUT2D eigenvalue weighted by atomic mass is 32.2. The standard InChI is InChI=1S/C11H14N2O3S/c1-9-2-4-10(5-3-9)17(15,16)13-7-6-12-11(14)8-13/h2-5H,6-8H2,1H3,(H,12,14). The zero-order valence-corrected chi connectivity index (χ0v) is 10.3. The van der Waals surface area contributed by atoms with E-state index in [1.54, 1.807) is 24.3 Å². The lowest BCUT2D eigenvalue weighted by Gasteiger charge is -2.25. The number of nitrogens with zero attached hydrogens (tertiary/aromatic N) is 1. The van der Waals surface area contributed by atoms with Gasteiger partial charge in [-0.1, -0.05) is 17.7 Å². The maximum absolute atomic E-state index is 12.2. The summed E-state index contributed by atoms with van der Waals surface area (Å²) in [6.45, 7) is 2.48. The quantitative estimate of drug-likeness (QED) is 0.815. The molecular formula is C11H14N2O3S. The summed E-state index contributed by atoms with van der Waals surface area (Å²) >= 11 is 0. The van der Waals surface area contributed by atoms with Gasteiger partial charge in [0.25, 0.3) is 0 Å². The first-order valence-electron chi connectivity index (χ1n) is 5.34. The van der Waals surface area contributed by atoms with Crippen LogP contribution in [-0.4, -0.2) is 38.3 Å². The number of rotatable bonds is 2. The zero-order chi connectivity index (χ0) is 12.5. The first kappa shape index (κ1) is 12.1. The Hall–Kier alpha value is -1.40. The van der Waals surface area contributed by atoms with Crippen LogP contribution < -0.4 is 5.32 Å². The van der Waals surface area contributed by atoms with Crippen LogP contribution in [0.25, 0.3) is 0 Å². The molecule has 1 aliphatic rings. The van der Waals surface area contributed by atoms with Crippen LogP contribution in [0.4, 0.5) is 0 Å². The van der Waals surface area contributed by atoms with Crippen LogP contribution in [0.3, 0.4) is 0 Å². The van der Waals surface area contributed by atoms with Crippen molar-refractivity contribution in [2.24, 2.45) is 0 Å². The fourth-order valence-corrected chi connectivity index (χ4v) is 3.08. The number of hydrogen-bond donors (Lipinski definition) is 1. The van der Waals surface area contributed by atoms with Crippen LogP contribution in [-0.2, 0) is 14.8 Å². The van der Waals surface area contributed by atoms with E-state index in [-0.39, 0.29) is 17.3 Å². The molecule has 1 aromatic carbocycles. The van der Waals surface area contributed by atoms with E-state index < -0.39 is 10.0 Å². The van der Waals surface area contributed by atoms with Crippen molar-refractivity contribution < 1.29 is 13.2 Å². The molecule has 0 unspecified atom stereocenters. The van der Waals surface area contributed by atoms with Gasteiger partial charge in [0.1, 0.15) is 0 Å². The van der Waals surface area contributed by atoms with Crippen LogP contribution in [0, 0.1) is 6.92 Å². The smallest absolute Gasteiger partial charge is 0.243 e. The average Bonchev–Trinajstić information content (AvgIpc) is 2.29. The van der Waals surface area contributed by atoms with Crippen molar-refractivity contribution >= 4 is 15.9 Å². The van der Waals surface area contributed by atoms with Crippen LogP contribution in [0.1, 0.15) is 5.56 Å². The number of benzene rings is 1. The predicted molar refractivity (Wildman–Crippen MR) is 62.9 cm³/mol. The zero-order valence-electron chi connectivity index (χ0n) is 9.51. The van der Waals surface area contributed by atoms with E-state index in [1.807, 2.05) is 6.92 Å². The summed E-state index contributed by atoms with van der Waals surface area (Å²) in [6, 6.07) is 6.63. The number of carbonyl (C=O) groups is 1. The summed E-state index contributed by atoms with van der Waals surface area (Å²) in [5, 5.41) is 2.60. The first-order chi connectivity index (χ1) is 8.00. The highest BCUT2D eigenvalue weighted by Crippen LogP contribution is 2.16. The van der Waals surface area contributed by atoms with Gasteiger partial charge in [-0.3, -0.25) is 4.79 Å². The van der Waals surface area contributed by atoms with Crippen molar-refractivity contribution in [2.75, 3.05) is 19.6 Å². The second kappa shape index (κ2) is 4.46. The van der Waals surface area contributed by atoms with E-state index in [1.165, 1.54) is 4.31 Å². The second-order valence-corrected chi connectivity index (χ2v) is 5.94. The van der Waals surface area contributed by atoms with E-state index in [0.29, 0.717) is 13.1 Å². The first-order valence-corrected chi connectivity index (χ1v) is 6.78. The number of carbonyl (C=O) groups excluding carboxylic acids is 1. The molecule has 0 bridgehead atoms. The van der Waals surface area contributed by atoms with Crippen LogP contribution in [0.5, 0.6) is 0 Å². The number of nitrogens with one attached hydrogen (secondary N) is 1. The largest absolute Gasteiger partial charge is 0.354 e. The summed E-state index contributed by atoms with van der Waals surface area (Å²) < 4.78 is 25.6. The lowest BCUT2D eigenvalue weighted by molar-refractivity contribution is -0.122. The minimum Gasteiger partial charge on any atom is -0.354 e. The molecule has 0 atom stereocenters.